The van der Waals surface area contributed by atoms with E-state index in [-0.39, 0.29) is 29.6 Å². The van der Waals surface area contributed by atoms with Crippen molar-refractivity contribution in [2.75, 3.05) is 20.1 Å². The zero-order valence-electron chi connectivity index (χ0n) is 8.91. The first-order chi connectivity index (χ1) is 6.63. The zero-order valence-corrected chi connectivity index (χ0v) is 9.73. The van der Waals surface area contributed by atoms with Crippen LogP contribution >= 0.6 is 12.4 Å². The molecule has 0 aliphatic carbocycles. The van der Waals surface area contributed by atoms with Gasteiger partial charge in [-0.05, 0) is 31.3 Å². The average Bonchev–Trinajstić information content (AvgIpc) is 2.15. The first-order valence-electron chi connectivity index (χ1n) is 5.13. The normalized spacial score (nSPS) is 25.3. The van der Waals surface area contributed by atoms with Gasteiger partial charge in [-0.1, -0.05) is 0 Å². The fourth-order valence-electron chi connectivity index (χ4n) is 2.39. The summed E-state index contributed by atoms with van der Waals surface area (Å²) in [5.74, 6) is -0.0219. The minimum absolute atomic E-state index is 0. The Hall–Kier alpha value is -0.610. The molecule has 1 spiro atoms. The third kappa shape index (κ3) is 2.32. The van der Waals surface area contributed by atoms with Crippen molar-refractivity contribution in [2.45, 2.75) is 25.7 Å². The lowest BCUT2D eigenvalue weighted by Gasteiger charge is -2.41. The van der Waals surface area contributed by atoms with E-state index in [2.05, 4.69) is 5.32 Å². The standard InChI is InChI=1S/C10H16N2O2.ClH/c1-12-8(13)6-10(7-9(12)14)2-4-11-5-3-10;/h11H,2-7H2,1H3;1H. The second-order valence-electron chi connectivity index (χ2n) is 4.45. The van der Waals surface area contributed by atoms with Crippen molar-refractivity contribution in [1.82, 2.24) is 10.2 Å². The number of amides is 2. The van der Waals surface area contributed by atoms with Gasteiger partial charge in [-0.2, -0.15) is 0 Å². The highest BCUT2D eigenvalue weighted by molar-refractivity contribution is 5.98. The molecule has 0 saturated carbocycles. The van der Waals surface area contributed by atoms with Gasteiger partial charge in [-0.3, -0.25) is 14.5 Å². The quantitative estimate of drug-likeness (QED) is 0.621. The monoisotopic (exact) mass is 232 g/mol. The van der Waals surface area contributed by atoms with Gasteiger partial charge in [0.15, 0.2) is 0 Å². The van der Waals surface area contributed by atoms with Crippen molar-refractivity contribution < 1.29 is 9.59 Å². The molecule has 86 valence electrons. The zero-order chi connectivity index (χ0) is 10.2. The number of nitrogens with zero attached hydrogens (tertiary/aromatic N) is 1. The number of halogens is 1. The van der Waals surface area contributed by atoms with E-state index in [0.717, 1.165) is 25.9 Å². The number of hydrogen-bond acceptors (Lipinski definition) is 3. The first kappa shape index (κ1) is 12.5. The molecular formula is C10H17ClN2O2. The molecule has 4 nitrogen and oxygen atoms in total. The Balaban J connectivity index is 0.00000112. The smallest absolute Gasteiger partial charge is 0.229 e. The molecule has 2 amide bonds. The lowest BCUT2D eigenvalue weighted by Crippen LogP contribution is -2.49. The summed E-state index contributed by atoms with van der Waals surface area (Å²) in [6.45, 7) is 1.87. The first-order valence-corrected chi connectivity index (χ1v) is 5.13. The predicted molar refractivity (Wildman–Crippen MR) is 58.8 cm³/mol. The summed E-state index contributed by atoms with van der Waals surface area (Å²) < 4.78 is 0. The van der Waals surface area contributed by atoms with Crippen molar-refractivity contribution in [3.05, 3.63) is 0 Å². The van der Waals surface area contributed by atoms with E-state index >= 15 is 0 Å². The number of hydrogen-bond donors (Lipinski definition) is 1. The summed E-state index contributed by atoms with van der Waals surface area (Å²) >= 11 is 0. The second-order valence-corrected chi connectivity index (χ2v) is 4.45. The van der Waals surface area contributed by atoms with Crippen molar-refractivity contribution in [1.29, 1.82) is 0 Å². The van der Waals surface area contributed by atoms with Gasteiger partial charge < -0.3 is 5.32 Å². The average molecular weight is 233 g/mol. The maximum Gasteiger partial charge on any atom is 0.229 e. The van der Waals surface area contributed by atoms with E-state index in [1.807, 2.05) is 0 Å². The van der Waals surface area contributed by atoms with Crippen LogP contribution in [0.1, 0.15) is 25.7 Å². The molecule has 2 fully saturated rings. The highest BCUT2D eigenvalue weighted by Gasteiger charge is 2.42. The highest BCUT2D eigenvalue weighted by atomic mass is 35.5. The molecule has 5 heteroatoms. The van der Waals surface area contributed by atoms with E-state index in [1.165, 1.54) is 4.90 Å². The molecule has 1 N–H and O–H groups in total. The SMILES string of the molecule is CN1C(=O)CC2(CCNCC2)CC1=O.Cl. The van der Waals surface area contributed by atoms with Crippen molar-refractivity contribution in [3.63, 3.8) is 0 Å². The van der Waals surface area contributed by atoms with Gasteiger partial charge >= 0.3 is 0 Å². The Bertz CT molecular complexity index is 255. The number of imide groups is 1. The maximum atomic E-state index is 11.6. The molecule has 2 aliphatic heterocycles. The van der Waals surface area contributed by atoms with Crippen molar-refractivity contribution in [2.24, 2.45) is 5.41 Å². The van der Waals surface area contributed by atoms with Crippen LogP contribution in [0, 0.1) is 5.41 Å². The molecule has 15 heavy (non-hydrogen) atoms. The number of piperidine rings is 2. The van der Waals surface area contributed by atoms with Crippen LogP contribution in [0.3, 0.4) is 0 Å². The molecule has 0 aromatic heterocycles. The fraction of sp³-hybridized carbons (Fsp3) is 0.800. The Kier molecular flexibility index (Phi) is 3.73. The highest BCUT2D eigenvalue weighted by Crippen LogP contribution is 2.40. The van der Waals surface area contributed by atoms with Crippen LogP contribution in [0.2, 0.25) is 0 Å². The van der Waals surface area contributed by atoms with Crippen molar-refractivity contribution >= 4 is 24.2 Å². The summed E-state index contributed by atoms with van der Waals surface area (Å²) in [5, 5.41) is 3.26. The van der Waals surface area contributed by atoms with Crippen LogP contribution in [0.4, 0.5) is 0 Å². The van der Waals surface area contributed by atoms with E-state index in [0.29, 0.717) is 12.8 Å². The molecule has 0 aromatic carbocycles. The van der Waals surface area contributed by atoms with Gasteiger partial charge in [-0.25, -0.2) is 0 Å². The Morgan fingerprint density at radius 1 is 1.13 bits per heavy atom. The van der Waals surface area contributed by atoms with Gasteiger partial charge in [0.2, 0.25) is 11.8 Å². The summed E-state index contributed by atoms with van der Waals surface area (Å²) in [4.78, 5) is 24.4. The summed E-state index contributed by atoms with van der Waals surface area (Å²) in [6.07, 6.45) is 3.02. The van der Waals surface area contributed by atoms with Gasteiger partial charge in [-0.15, -0.1) is 12.4 Å². The molecular weight excluding hydrogens is 216 g/mol. The molecule has 2 saturated heterocycles. The van der Waals surface area contributed by atoms with E-state index < -0.39 is 0 Å². The van der Waals surface area contributed by atoms with E-state index in [4.69, 9.17) is 0 Å². The van der Waals surface area contributed by atoms with Crippen LogP contribution in [0.25, 0.3) is 0 Å². The van der Waals surface area contributed by atoms with Crippen LogP contribution in [-0.2, 0) is 9.59 Å². The molecule has 0 unspecified atom stereocenters. The summed E-state index contributed by atoms with van der Waals surface area (Å²) in [7, 11) is 1.58. The number of nitrogens with one attached hydrogen (secondary N) is 1. The van der Waals surface area contributed by atoms with Gasteiger partial charge in [0, 0.05) is 19.9 Å². The lowest BCUT2D eigenvalue weighted by atomic mass is 9.71. The minimum atomic E-state index is -0.0219. The molecule has 2 aliphatic rings. The lowest BCUT2D eigenvalue weighted by molar-refractivity contribution is -0.152. The van der Waals surface area contributed by atoms with Gasteiger partial charge in [0.25, 0.3) is 0 Å². The topological polar surface area (TPSA) is 49.4 Å². The minimum Gasteiger partial charge on any atom is -0.317 e. The largest absolute Gasteiger partial charge is 0.317 e. The Labute approximate surface area is 95.8 Å². The molecule has 0 radical (unpaired) electrons. The van der Waals surface area contributed by atoms with Gasteiger partial charge in [0.05, 0.1) is 0 Å². The number of carbonyl (C=O) groups is 2. The Morgan fingerprint density at radius 3 is 2.07 bits per heavy atom. The van der Waals surface area contributed by atoms with Crippen LogP contribution < -0.4 is 5.32 Å². The van der Waals surface area contributed by atoms with E-state index in [9.17, 15) is 9.59 Å². The predicted octanol–water partition coefficient (Wildman–Crippen LogP) is 0.557. The second kappa shape index (κ2) is 4.49. The molecule has 2 rings (SSSR count). The fourth-order valence-corrected chi connectivity index (χ4v) is 2.39. The maximum absolute atomic E-state index is 11.6. The number of likely N-dealkylation sites (tertiary alicyclic amines) is 1. The third-order valence-electron chi connectivity index (χ3n) is 3.46. The van der Waals surface area contributed by atoms with Gasteiger partial charge in [0.1, 0.15) is 0 Å². The number of rotatable bonds is 0. The van der Waals surface area contributed by atoms with Crippen LogP contribution in [-0.4, -0.2) is 36.9 Å². The molecule has 2 heterocycles. The third-order valence-corrected chi connectivity index (χ3v) is 3.46. The van der Waals surface area contributed by atoms with Crippen molar-refractivity contribution in [3.8, 4) is 0 Å². The van der Waals surface area contributed by atoms with E-state index in [1.54, 1.807) is 7.05 Å². The molecule has 0 aromatic rings. The van der Waals surface area contributed by atoms with Crippen LogP contribution in [0.5, 0.6) is 0 Å². The molecule has 0 atom stereocenters. The van der Waals surface area contributed by atoms with Crippen LogP contribution in [0.15, 0.2) is 0 Å². The number of carbonyl (C=O) groups excluding carboxylic acids is 2. The summed E-state index contributed by atoms with van der Waals surface area (Å²) in [5.41, 5.74) is -0.0219. The summed E-state index contributed by atoms with van der Waals surface area (Å²) in [6, 6.07) is 0. The Morgan fingerprint density at radius 2 is 1.60 bits per heavy atom. The molecule has 0 bridgehead atoms.